The fraction of sp³-hybridized carbons (Fsp3) is 0.417. The first-order valence-electron chi connectivity index (χ1n) is 5.45. The quantitative estimate of drug-likeness (QED) is 0.810. The maximum Gasteiger partial charge on any atom is 0.387 e. The van der Waals surface area contributed by atoms with Crippen LogP contribution < -0.4 is 10.1 Å². The second-order valence-corrected chi connectivity index (χ2v) is 3.85. The molecule has 0 aliphatic heterocycles. The van der Waals surface area contributed by atoms with Crippen LogP contribution in [-0.4, -0.2) is 30.3 Å². The van der Waals surface area contributed by atoms with Crippen LogP contribution in [0.25, 0.3) is 0 Å². The van der Waals surface area contributed by atoms with E-state index in [2.05, 4.69) is 10.1 Å². The number of aliphatic hydroxyl groups is 1. The molecule has 6 heteroatoms. The molecule has 0 aromatic heterocycles. The number of halogens is 2. The van der Waals surface area contributed by atoms with E-state index >= 15 is 0 Å². The van der Waals surface area contributed by atoms with E-state index in [9.17, 15) is 13.6 Å². The number of alkyl halides is 2. The van der Waals surface area contributed by atoms with E-state index in [-0.39, 0.29) is 30.7 Å². The van der Waals surface area contributed by atoms with Gasteiger partial charge in [0.2, 0.25) is 5.91 Å². The zero-order valence-corrected chi connectivity index (χ0v) is 9.90. The van der Waals surface area contributed by atoms with Gasteiger partial charge in [0.05, 0.1) is 13.0 Å². The third-order valence-corrected chi connectivity index (χ3v) is 2.17. The molecule has 1 aromatic carbocycles. The molecule has 0 saturated heterocycles. The maximum absolute atomic E-state index is 12.0. The monoisotopic (exact) mass is 259 g/mol. The molecule has 1 amide bonds. The van der Waals surface area contributed by atoms with Crippen molar-refractivity contribution in [1.82, 2.24) is 5.32 Å². The van der Waals surface area contributed by atoms with Crippen molar-refractivity contribution in [3.8, 4) is 5.75 Å². The van der Waals surface area contributed by atoms with Crippen LogP contribution >= 0.6 is 0 Å². The van der Waals surface area contributed by atoms with Crippen LogP contribution in [0.5, 0.6) is 5.75 Å². The van der Waals surface area contributed by atoms with Crippen LogP contribution in [0.4, 0.5) is 8.78 Å². The molecule has 0 aliphatic rings. The number of hydrogen-bond acceptors (Lipinski definition) is 3. The number of amides is 1. The van der Waals surface area contributed by atoms with E-state index in [0.29, 0.717) is 5.56 Å². The molecule has 1 atom stereocenters. The lowest BCUT2D eigenvalue weighted by atomic mass is 10.1. The topological polar surface area (TPSA) is 58.6 Å². The minimum Gasteiger partial charge on any atom is -0.435 e. The van der Waals surface area contributed by atoms with Gasteiger partial charge in [-0.1, -0.05) is 12.1 Å². The normalized spacial score (nSPS) is 12.3. The first kappa shape index (κ1) is 14.4. The molecule has 1 unspecified atom stereocenters. The van der Waals surface area contributed by atoms with Crippen LogP contribution in [0, 0.1) is 0 Å². The Morgan fingerprint density at radius 2 is 2.22 bits per heavy atom. The summed E-state index contributed by atoms with van der Waals surface area (Å²) in [4.78, 5) is 11.5. The zero-order valence-electron chi connectivity index (χ0n) is 9.90. The molecule has 0 heterocycles. The number of rotatable bonds is 6. The van der Waals surface area contributed by atoms with E-state index < -0.39 is 6.61 Å². The molecule has 0 spiro atoms. The van der Waals surface area contributed by atoms with Crippen molar-refractivity contribution in [1.29, 1.82) is 0 Å². The highest BCUT2D eigenvalue weighted by molar-refractivity contribution is 5.78. The number of carbonyl (C=O) groups is 1. The highest BCUT2D eigenvalue weighted by Gasteiger charge is 2.09. The summed E-state index contributed by atoms with van der Waals surface area (Å²) in [6.07, 6.45) is 0.0464. The predicted molar refractivity (Wildman–Crippen MR) is 61.5 cm³/mol. The van der Waals surface area contributed by atoms with Crippen LogP contribution in [0.2, 0.25) is 0 Å². The average molecular weight is 259 g/mol. The fourth-order valence-corrected chi connectivity index (χ4v) is 1.39. The highest BCUT2D eigenvalue weighted by Crippen LogP contribution is 2.16. The van der Waals surface area contributed by atoms with Gasteiger partial charge in [0, 0.05) is 6.04 Å². The highest BCUT2D eigenvalue weighted by atomic mass is 19.3. The van der Waals surface area contributed by atoms with E-state index in [1.807, 2.05) is 0 Å². The molecule has 4 nitrogen and oxygen atoms in total. The van der Waals surface area contributed by atoms with Gasteiger partial charge < -0.3 is 15.2 Å². The Morgan fingerprint density at radius 1 is 1.50 bits per heavy atom. The molecule has 2 N–H and O–H groups in total. The van der Waals surface area contributed by atoms with E-state index in [1.165, 1.54) is 18.2 Å². The summed E-state index contributed by atoms with van der Waals surface area (Å²) in [5, 5.41) is 11.3. The van der Waals surface area contributed by atoms with Gasteiger partial charge in [0.25, 0.3) is 0 Å². The second kappa shape index (κ2) is 6.90. The number of aliphatic hydroxyl groups excluding tert-OH is 1. The molecule has 0 saturated carbocycles. The van der Waals surface area contributed by atoms with Crippen LogP contribution in [-0.2, 0) is 11.2 Å². The average Bonchev–Trinajstić information content (AvgIpc) is 2.28. The largest absolute Gasteiger partial charge is 0.435 e. The number of ether oxygens (including phenoxy) is 1. The van der Waals surface area contributed by atoms with Crippen LogP contribution in [0.1, 0.15) is 12.5 Å². The van der Waals surface area contributed by atoms with Crippen molar-refractivity contribution in [2.24, 2.45) is 0 Å². The van der Waals surface area contributed by atoms with Gasteiger partial charge in [-0.2, -0.15) is 8.78 Å². The van der Waals surface area contributed by atoms with E-state index in [0.717, 1.165) is 0 Å². The molecule has 0 aliphatic carbocycles. The Hall–Kier alpha value is -1.69. The summed E-state index contributed by atoms with van der Waals surface area (Å²) < 4.78 is 28.2. The molecule has 100 valence electrons. The van der Waals surface area contributed by atoms with Gasteiger partial charge in [0.15, 0.2) is 0 Å². The van der Waals surface area contributed by atoms with Crippen molar-refractivity contribution < 1.29 is 23.4 Å². The smallest absolute Gasteiger partial charge is 0.387 e. The van der Waals surface area contributed by atoms with E-state index in [4.69, 9.17) is 5.11 Å². The predicted octanol–water partition coefficient (Wildman–Crippen LogP) is 1.33. The van der Waals surface area contributed by atoms with Gasteiger partial charge in [-0.15, -0.1) is 0 Å². The first-order valence-corrected chi connectivity index (χ1v) is 5.45. The Labute approximate surface area is 104 Å². The summed E-state index contributed by atoms with van der Waals surface area (Å²) >= 11 is 0. The minimum atomic E-state index is -2.89. The van der Waals surface area contributed by atoms with Crippen molar-refractivity contribution in [3.05, 3.63) is 29.8 Å². The molecule has 0 radical (unpaired) electrons. The van der Waals surface area contributed by atoms with Crippen molar-refractivity contribution >= 4 is 5.91 Å². The molecular weight excluding hydrogens is 244 g/mol. The molecule has 0 fully saturated rings. The Kier molecular flexibility index (Phi) is 5.51. The Balaban J connectivity index is 2.59. The Morgan fingerprint density at radius 3 is 2.83 bits per heavy atom. The van der Waals surface area contributed by atoms with Gasteiger partial charge in [-0.05, 0) is 24.6 Å². The lowest BCUT2D eigenvalue weighted by molar-refractivity contribution is -0.121. The number of benzene rings is 1. The third kappa shape index (κ3) is 5.09. The summed E-state index contributed by atoms with van der Waals surface area (Å²) in [7, 11) is 0. The summed E-state index contributed by atoms with van der Waals surface area (Å²) in [6.45, 7) is -1.38. The SMILES string of the molecule is CC(CO)NC(=O)Cc1cccc(OC(F)F)c1. The summed E-state index contributed by atoms with van der Waals surface area (Å²) in [6, 6.07) is 5.62. The van der Waals surface area contributed by atoms with Gasteiger partial charge in [-0.25, -0.2) is 0 Å². The second-order valence-electron chi connectivity index (χ2n) is 3.85. The third-order valence-electron chi connectivity index (χ3n) is 2.17. The maximum atomic E-state index is 12.0. The lowest BCUT2D eigenvalue weighted by Crippen LogP contribution is -2.35. The number of hydrogen-bond donors (Lipinski definition) is 2. The molecular formula is C12H15F2NO3. The van der Waals surface area contributed by atoms with Crippen molar-refractivity contribution in [2.45, 2.75) is 26.0 Å². The standard InChI is InChI=1S/C12H15F2NO3/c1-8(7-16)15-11(17)6-9-3-2-4-10(5-9)18-12(13)14/h2-5,8,12,16H,6-7H2,1H3,(H,15,17). The zero-order chi connectivity index (χ0) is 13.5. The van der Waals surface area contributed by atoms with Gasteiger partial charge >= 0.3 is 6.61 Å². The summed E-state index contributed by atoms with van der Waals surface area (Å²) in [5.41, 5.74) is 0.566. The molecule has 1 aromatic rings. The van der Waals surface area contributed by atoms with Crippen LogP contribution in [0.3, 0.4) is 0 Å². The van der Waals surface area contributed by atoms with Gasteiger partial charge in [-0.3, -0.25) is 4.79 Å². The van der Waals surface area contributed by atoms with E-state index in [1.54, 1.807) is 13.0 Å². The summed E-state index contributed by atoms with van der Waals surface area (Å²) in [5.74, 6) is -0.267. The molecule has 18 heavy (non-hydrogen) atoms. The van der Waals surface area contributed by atoms with Gasteiger partial charge in [0.1, 0.15) is 5.75 Å². The molecule has 0 bridgehead atoms. The van der Waals surface area contributed by atoms with Crippen molar-refractivity contribution in [3.63, 3.8) is 0 Å². The Bertz CT molecular complexity index is 399. The molecule has 1 rings (SSSR count). The number of nitrogens with one attached hydrogen (secondary N) is 1. The lowest BCUT2D eigenvalue weighted by Gasteiger charge is -2.11. The van der Waals surface area contributed by atoms with Crippen LogP contribution in [0.15, 0.2) is 24.3 Å². The minimum absolute atomic E-state index is 0.0190. The number of carbonyl (C=O) groups excluding carboxylic acids is 1. The fourth-order valence-electron chi connectivity index (χ4n) is 1.39. The first-order chi connectivity index (χ1) is 8.51. The van der Waals surface area contributed by atoms with Crippen molar-refractivity contribution in [2.75, 3.05) is 6.61 Å².